The highest BCUT2D eigenvalue weighted by Crippen LogP contribution is 2.38. The van der Waals surface area contributed by atoms with Gasteiger partial charge in [0.1, 0.15) is 4.32 Å². The minimum absolute atomic E-state index is 0.0290. The minimum atomic E-state index is -0.991. The summed E-state index contributed by atoms with van der Waals surface area (Å²) in [7, 11) is 1.43. The second kappa shape index (κ2) is 7.33. The number of aliphatic carboxylic acids is 1. The molecule has 0 atom stereocenters. The van der Waals surface area contributed by atoms with Gasteiger partial charge in [-0.25, -0.2) is 0 Å². The second-order valence-corrected chi connectivity index (χ2v) is 7.06. The van der Waals surface area contributed by atoms with E-state index in [1.165, 1.54) is 12.0 Å². The van der Waals surface area contributed by atoms with Crippen LogP contribution in [0.25, 0.3) is 6.08 Å². The van der Waals surface area contributed by atoms with Gasteiger partial charge >= 0.3 is 5.97 Å². The van der Waals surface area contributed by atoms with E-state index in [0.29, 0.717) is 19.3 Å². The SMILES string of the molecule is COc1cc(/C=C2\SC(=S)N(CCC(=O)O)C2=O)cc(Br)c1O. The molecule has 2 rings (SSSR count). The van der Waals surface area contributed by atoms with Gasteiger partial charge < -0.3 is 14.9 Å². The molecule has 1 aliphatic heterocycles. The van der Waals surface area contributed by atoms with Crippen molar-refractivity contribution >= 4 is 62.2 Å². The number of halogens is 1. The van der Waals surface area contributed by atoms with Crippen molar-refractivity contribution in [2.45, 2.75) is 6.42 Å². The van der Waals surface area contributed by atoms with Crippen LogP contribution in [0.5, 0.6) is 11.5 Å². The Hall–Kier alpha value is -1.58. The zero-order valence-corrected chi connectivity index (χ0v) is 15.1. The lowest BCUT2D eigenvalue weighted by molar-refractivity contribution is -0.137. The van der Waals surface area contributed by atoms with Gasteiger partial charge in [-0.2, -0.15) is 0 Å². The number of phenolic OH excluding ortho intramolecular Hbond substituents is 1. The number of thioether (sulfide) groups is 1. The molecule has 1 aromatic carbocycles. The number of phenols is 1. The van der Waals surface area contributed by atoms with Crippen LogP contribution < -0.4 is 4.74 Å². The normalized spacial score (nSPS) is 16.3. The Morgan fingerprint density at radius 3 is 2.83 bits per heavy atom. The third-order valence-electron chi connectivity index (χ3n) is 2.99. The first-order chi connectivity index (χ1) is 10.8. The number of hydrogen-bond acceptors (Lipinski definition) is 6. The maximum Gasteiger partial charge on any atom is 0.305 e. The van der Waals surface area contributed by atoms with Crippen molar-refractivity contribution in [1.29, 1.82) is 0 Å². The van der Waals surface area contributed by atoms with Crippen LogP contribution >= 0.6 is 39.9 Å². The number of aromatic hydroxyl groups is 1. The molecule has 0 aromatic heterocycles. The highest BCUT2D eigenvalue weighted by atomic mass is 79.9. The molecule has 1 amide bonds. The average molecular weight is 418 g/mol. The molecular weight excluding hydrogens is 406 g/mol. The van der Waals surface area contributed by atoms with Crippen LogP contribution in [0.1, 0.15) is 12.0 Å². The van der Waals surface area contributed by atoms with E-state index in [-0.39, 0.29) is 30.4 Å². The summed E-state index contributed by atoms with van der Waals surface area (Å²) in [6.45, 7) is 0.0416. The predicted molar refractivity (Wildman–Crippen MR) is 94.5 cm³/mol. The lowest BCUT2D eigenvalue weighted by Crippen LogP contribution is -2.30. The van der Waals surface area contributed by atoms with E-state index in [0.717, 1.165) is 11.8 Å². The van der Waals surface area contributed by atoms with Crippen molar-refractivity contribution in [3.8, 4) is 11.5 Å². The molecule has 0 unspecified atom stereocenters. The van der Waals surface area contributed by atoms with Gasteiger partial charge in [0.05, 0.1) is 22.9 Å². The Kier molecular flexibility index (Phi) is 5.66. The number of rotatable bonds is 5. The fourth-order valence-electron chi connectivity index (χ4n) is 1.88. The van der Waals surface area contributed by atoms with Crippen LogP contribution in [0.4, 0.5) is 0 Å². The summed E-state index contributed by atoms with van der Waals surface area (Å²) in [6.07, 6.45) is 1.45. The molecule has 1 heterocycles. The predicted octanol–water partition coefficient (Wildman–Crippen LogP) is 2.84. The van der Waals surface area contributed by atoms with Crippen molar-refractivity contribution in [3.05, 3.63) is 27.1 Å². The van der Waals surface area contributed by atoms with E-state index in [4.69, 9.17) is 22.1 Å². The van der Waals surface area contributed by atoms with Gasteiger partial charge in [-0.1, -0.05) is 24.0 Å². The Balaban J connectivity index is 2.27. The summed E-state index contributed by atoms with van der Waals surface area (Å²) in [6, 6.07) is 3.23. The van der Waals surface area contributed by atoms with Gasteiger partial charge in [0, 0.05) is 6.54 Å². The summed E-state index contributed by atoms with van der Waals surface area (Å²) < 4.78 is 5.82. The van der Waals surface area contributed by atoms with Crippen LogP contribution in [0.15, 0.2) is 21.5 Å². The Bertz CT molecular complexity index is 719. The van der Waals surface area contributed by atoms with Gasteiger partial charge in [-0.3, -0.25) is 14.5 Å². The number of carbonyl (C=O) groups excluding carboxylic acids is 1. The molecule has 2 N–H and O–H groups in total. The quantitative estimate of drug-likeness (QED) is 0.562. The summed E-state index contributed by atoms with van der Waals surface area (Å²) in [5, 5.41) is 18.5. The topological polar surface area (TPSA) is 87.1 Å². The molecule has 122 valence electrons. The number of carboxylic acids is 1. The van der Waals surface area contributed by atoms with Gasteiger partial charge in [0.25, 0.3) is 5.91 Å². The van der Waals surface area contributed by atoms with Crippen LogP contribution in [0.3, 0.4) is 0 Å². The molecule has 6 nitrogen and oxygen atoms in total. The van der Waals surface area contributed by atoms with Gasteiger partial charge in [-0.05, 0) is 39.7 Å². The zero-order valence-electron chi connectivity index (χ0n) is 11.9. The van der Waals surface area contributed by atoms with Gasteiger partial charge in [0.2, 0.25) is 0 Å². The molecule has 23 heavy (non-hydrogen) atoms. The molecular formula is C14H12BrNO5S2. The number of amides is 1. The number of benzene rings is 1. The molecule has 9 heteroatoms. The summed E-state index contributed by atoms with van der Waals surface area (Å²) >= 11 is 9.44. The van der Waals surface area contributed by atoms with E-state index >= 15 is 0 Å². The number of ether oxygens (including phenoxy) is 1. The van der Waals surface area contributed by atoms with Crippen LogP contribution in [0.2, 0.25) is 0 Å². The second-order valence-electron chi connectivity index (χ2n) is 4.53. The van der Waals surface area contributed by atoms with Crippen molar-refractivity contribution in [2.75, 3.05) is 13.7 Å². The van der Waals surface area contributed by atoms with Crippen molar-refractivity contribution in [2.24, 2.45) is 0 Å². The van der Waals surface area contributed by atoms with Crippen LogP contribution in [0, 0.1) is 0 Å². The van der Waals surface area contributed by atoms with E-state index in [1.54, 1.807) is 18.2 Å². The molecule has 0 bridgehead atoms. The van der Waals surface area contributed by atoms with E-state index < -0.39 is 5.97 Å². The number of thiocarbonyl (C=S) groups is 1. The molecule has 0 aliphatic carbocycles. The Morgan fingerprint density at radius 1 is 1.52 bits per heavy atom. The summed E-state index contributed by atoms with van der Waals surface area (Å²) in [5.41, 5.74) is 0.644. The molecule has 1 fully saturated rings. The van der Waals surface area contributed by atoms with E-state index in [9.17, 15) is 14.7 Å². The fourth-order valence-corrected chi connectivity index (χ4v) is 3.65. The number of carbonyl (C=O) groups is 2. The lowest BCUT2D eigenvalue weighted by Gasteiger charge is -2.12. The third-order valence-corrected chi connectivity index (χ3v) is 4.97. The lowest BCUT2D eigenvalue weighted by atomic mass is 10.2. The van der Waals surface area contributed by atoms with Crippen molar-refractivity contribution in [3.63, 3.8) is 0 Å². The number of hydrogen-bond donors (Lipinski definition) is 2. The monoisotopic (exact) mass is 417 g/mol. The molecule has 1 aliphatic rings. The number of nitrogens with zero attached hydrogens (tertiary/aromatic N) is 1. The standard InChI is InChI=1S/C14H12BrNO5S2/c1-21-9-5-7(4-8(15)12(9)19)6-10-13(20)16(14(22)23-10)3-2-11(17)18/h4-6,19H,2-3H2,1H3,(H,17,18)/b10-6-. The van der Waals surface area contributed by atoms with Crippen LogP contribution in [-0.4, -0.2) is 45.0 Å². The molecule has 0 radical (unpaired) electrons. The Morgan fingerprint density at radius 2 is 2.22 bits per heavy atom. The Labute approximate surface area is 150 Å². The third kappa shape index (κ3) is 4.04. The molecule has 0 spiro atoms. The van der Waals surface area contributed by atoms with Crippen molar-refractivity contribution < 1.29 is 24.5 Å². The first-order valence-electron chi connectivity index (χ1n) is 6.37. The maximum absolute atomic E-state index is 12.3. The first-order valence-corrected chi connectivity index (χ1v) is 8.39. The number of carboxylic acid groups (broad SMARTS) is 1. The average Bonchev–Trinajstić information content (AvgIpc) is 2.74. The zero-order chi connectivity index (χ0) is 17.1. The van der Waals surface area contributed by atoms with Crippen molar-refractivity contribution in [1.82, 2.24) is 4.90 Å². The van der Waals surface area contributed by atoms with E-state index in [1.807, 2.05) is 0 Å². The van der Waals surface area contributed by atoms with Crippen LogP contribution in [-0.2, 0) is 9.59 Å². The van der Waals surface area contributed by atoms with Gasteiger partial charge in [-0.15, -0.1) is 0 Å². The fraction of sp³-hybridized carbons (Fsp3) is 0.214. The number of methoxy groups -OCH3 is 1. The molecule has 0 saturated carbocycles. The maximum atomic E-state index is 12.3. The highest BCUT2D eigenvalue weighted by Gasteiger charge is 2.32. The minimum Gasteiger partial charge on any atom is -0.503 e. The largest absolute Gasteiger partial charge is 0.503 e. The smallest absolute Gasteiger partial charge is 0.305 e. The molecule has 1 aromatic rings. The molecule has 1 saturated heterocycles. The van der Waals surface area contributed by atoms with Gasteiger partial charge in [0.15, 0.2) is 11.5 Å². The summed E-state index contributed by atoms with van der Waals surface area (Å²) in [5.74, 6) is -1.08. The van der Waals surface area contributed by atoms with E-state index in [2.05, 4.69) is 15.9 Å². The highest BCUT2D eigenvalue weighted by molar-refractivity contribution is 9.10. The first kappa shape index (κ1) is 17.8. The summed E-state index contributed by atoms with van der Waals surface area (Å²) in [4.78, 5) is 24.6.